The van der Waals surface area contributed by atoms with Gasteiger partial charge in [0.05, 0.1) is 6.42 Å². The lowest BCUT2D eigenvalue weighted by molar-refractivity contribution is -0.115. The quantitative estimate of drug-likeness (QED) is 0.703. The fourth-order valence-electron chi connectivity index (χ4n) is 1.96. The van der Waals surface area contributed by atoms with E-state index in [1.54, 1.807) is 0 Å². The van der Waals surface area contributed by atoms with Gasteiger partial charge in [0.15, 0.2) is 0 Å². The summed E-state index contributed by atoms with van der Waals surface area (Å²) < 4.78 is 0. The number of aromatic amines is 1. The van der Waals surface area contributed by atoms with E-state index >= 15 is 0 Å². The number of anilines is 2. The highest BCUT2D eigenvalue weighted by Crippen LogP contribution is 2.30. The van der Waals surface area contributed by atoms with E-state index in [0.717, 1.165) is 16.9 Å². The fraction of sp³-hybridized carbons (Fsp3) is 0.0833. The summed E-state index contributed by atoms with van der Waals surface area (Å²) in [5, 5.41) is 28.0. The van der Waals surface area contributed by atoms with Crippen molar-refractivity contribution >= 4 is 22.9 Å². The first-order valence-corrected chi connectivity index (χ1v) is 5.80. The Morgan fingerprint density at radius 1 is 1.50 bits per heavy atom. The van der Waals surface area contributed by atoms with Crippen LogP contribution in [0.2, 0.25) is 0 Å². The van der Waals surface area contributed by atoms with E-state index in [0.29, 0.717) is 6.42 Å². The van der Waals surface area contributed by atoms with Crippen LogP contribution in [0.3, 0.4) is 0 Å². The third-order valence-electron chi connectivity index (χ3n) is 2.87. The van der Waals surface area contributed by atoms with Crippen LogP contribution in [0, 0.1) is 11.3 Å². The van der Waals surface area contributed by atoms with Crippen molar-refractivity contribution in [3.05, 3.63) is 35.8 Å². The number of aromatic nitrogens is 4. The Balaban J connectivity index is 1.88. The predicted molar refractivity (Wildman–Crippen MR) is 70.2 cm³/mol. The SMILES string of the molecule is N#CC(=CNc1cccc2c1CC(=O)N2)c1nn[nH]n1. The Morgan fingerprint density at radius 3 is 3.15 bits per heavy atom. The predicted octanol–water partition coefficient (Wildman–Crippen LogP) is 0.671. The zero-order valence-electron chi connectivity index (χ0n) is 10.2. The minimum atomic E-state index is -0.0445. The number of rotatable bonds is 3. The average molecular weight is 267 g/mol. The number of nitrogens with zero attached hydrogens (tertiary/aromatic N) is 4. The van der Waals surface area contributed by atoms with Gasteiger partial charge in [0.2, 0.25) is 11.7 Å². The van der Waals surface area contributed by atoms with Crippen LogP contribution in [-0.2, 0) is 11.2 Å². The Labute approximate surface area is 113 Å². The molecule has 98 valence electrons. The molecule has 0 saturated heterocycles. The monoisotopic (exact) mass is 267 g/mol. The third-order valence-corrected chi connectivity index (χ3v) is 2.87. The summed E-state index contributed by atoms with van der Waals surface area (Å²) in [5.41, 5.74) is 2.66. The normalized spacial score (nSPS) is 13.6. The van der Waals surface area contributed by atoms with Crippen molar-refractivity contribution in [1.82, 2.24) is 20.6 Å². The topological polar surface area (TPSA) is 119 Å². The van der Waals surface area contributed by atoms with E-state index in [-0.39, 0.29) is 17.3 Å². The molecule has 1 aliphatic rings. The minimum Gasteiger partial charge on any atom is -0.360 e. The number of tetrazole rings is 1. The van der Waals surface area contributed by atoms with Crippen molar-refractivity contribution in [3.8, 4) is 6.07 Å². The standard InChI is InChI=1S/C12H9N7O/c13-5-7(12-16-18-19-17-12)6-14-9-2-1-3-10-8(9)4-11(20)15-10/h1-3,6,14H,4H2,(H,15,20)(H,16,17,18,19). The van der Waals surface area contributed by atoms with Gasteiger partial charge in [-0.15, -0.1) is 10.2 Å². The van der Waals surface area contributed by atoms with Crippen molar-refractivity contribution in [2.75, 3.05) is 10.6 Å². The van der Waals surface area contributed by atoms with E-state index in [2.05, 4.69) is 31.3 Å². The van der Waals surface area contributed by atoms with E-state index in [9.17, 15) is 4.79 Å². The molecule has 0 atom stereocenters. The molecule has 1 aliphatic heterocycles. The maximum Gasteiger partial charge on any atom is 0.228 e. The Hall–Kier alpha value is -3.21. The van der Waals surface area contributed by atoms with Crippen LogP contribution in [0.4, 0.5) is 11.4 Å². The number of nitrogens with one attached hydrogen (secondary N) is 3. The molecule has 0 saturated carbocycles. The van der Waals surface area contributed by atoms with Crippen molar-refractivity contribution in [2.45, 2.75) is 6.42 Å². The first kappa shape index (κ1) is 11.9. The lowest BCUT2D eigenvalue weighted by Gasteiger charge is -2.06. The highest BCUT2D eigenvalue weighted by Gasteiger charge is 2.20. The Bertz CT molecular complexity index is 727. The molecule has 2 heterocycles. The minimum absolute atomic E-state index is 0.0445. The third kappa shape index (κ3) is 2.08. The van der Waals surface area contributed by atoms with E-state index in [1.807, 2.05) is 24.3 Å². The highest BCUT2D eigenvalue weighted by molar-refractivity contribution is 6.01. The molecule has 1 amide bonds. The largest absolute Gasteiger partial charge is 0.360 e. The van der Waals surface area contributed by atoms with Crippen molar-refractivity contribution in [3.63, 3.8) is 0 Å². The number of benzene rings is 1. The van der Waals surface area contributed by atoms with Gasteiger partial charge in [-0.3, -0.25) is 4.79 Å². The molecule has 0 unspecified atom stereocenters. The number of fused-ring (bicyclic) bond motifs is 1. The summed E-state index contributed by atoms with van der Waals surface area (Å²) in [6, 6.07) is 7.47. The van der Waals surface area contributed by atoms with Gasteiger partial charge in [-0.2, -0.15) is 10.5 Å². The molecule has 3 N–H and O–H groups in total. The first-order chi connectivity index (χ1) is 9.78. The van der Waals surface area contributed by atoms with Gasteiger partial charge in [-0.05, 0) is 17.3 Å². The smallest absolute Gasteiger partial charge is 0.228 e. The number of hydrogen-bond acceptors (Lipinski definition) is 6. The molecular weight excluding hydrogens is 258 g/mol. The van der Waals surface area contributed by atoms with E-state index in [1.165, 1.54) is 6.20 Å². The Morgan fingerprint density at radius 2 is 2.40 bits per heavy atom. The summed E-state index contributed by atoms with van der Waals surface area (Å²) in [6.07, 6.45) is 1.81. The Kier molecular flexibility index (Phi) is 2.85. The van der Waals surface area contributed by atoms with Gasteiger partial charge in [-0.1, -0.05) is 6.07 Å². The first-order valence-electron chi connectivity index (χ1n) is 5.80. The molecule has 0 radical (unpaired) electrons. The van der Waals surface area contributed by atoms with E-state index in [4.69, 9.17) is 5.26 Å². The number of amides is 1. The molecule has 1 aromatic heterocycles. The lowest BCUT2D eigenvalue weighted by Crippen LogP contribution is -2.03. The summed E-state index contributed by atoms with van der Waals surface area (Å²) in [4.78, 5) is 11.4. The van der Waals surface area contributed by atoms with Crippen LogP contribution in [0.15, 0.2) is 24.4 Å². The van der Waals surface area contributed by atoms with Crippen LogP contribution in [0.5, 0.6) is 0 Å². The average Bonchev–Trinajstić information content (AvgIpc) is 3.08. The van der Waals surface area contributed by atoms with Crippen LogP contribution in [0.1, 0.15) is 11.4 Å². The van der Waals surface area contributed by atoms with Gasteiger partial charge in [0, 0.05) is 23.1 Å². The molecule has 3 rings (SSSR count). The van der Waals surface area contributed by atoms with Crippen LogP contribution in [0.25, 0.3) is 5.57 Å². The fourth-order valence-corrected chi connectivity index (χ4v) is 1.96. The number of carbonyl (C=O) groups excluding carboxylic acids is 1. The summed E-state index contributed by atoms with van der Waals surface area (Å²) >= 11 is 0. The van der Waals surface area contributed by atoms with Crippen molar-refractivity contribution in [2.24, 2.45) is 0 Å². The second-order valence-corrected chi connectivity index (χ2v) is 4.11. The molecule has 0 aliphatic carbocycles. The zero-order valence-corrected chi connectivity index (χ0v) is 10.2. The molecule has 8 nitrogen and oxygen atoms in total. The van der Waals surface area contributed by atoms with Crippen molar-refractivity contribution in [1.29, 1.82) is 5.26 Å². The molecule has 0 spiro atoms. The highest BCUT2D eigenvalue weighted by atomic mass is 16.1. The summed E-state index contributed by atoms with van der Waals surface area (Å²) in [7, 11) is 0. The molecule has 2 aromatic rings. The number of hydrogen-bond donors (Lipinski definition) is 3. The van der Waals surface area contributed by atoms with Crippen molar-refractivity contribution < 1.29 is 4.79 Å². The molecule has 8 heteroatoms. The second kappa shape index (κ2) is 4.81. The number of carbonyl (C=O) groups is 1. The molecular formula is C12H9N7O. The van der Waals surface area contributed by atoms with E-state index < -0.39 is 0 Å². The lowest BCUT2D eigenvalue weighted by atomic mass is 10.1. The summed E-state index contributed by atoms with van der Waals surface area (Å²) in [5.74, 6) is 0.165. The van der Waals surface area contributed by atoms with Crippen LogP contribution < -0.4 is 10.6 Å². The second-order valence-electron chi connectivity index (χ2n) is 4.11. The molecule has 1 aromatic carbocycles. The van der Waals surface area contributed by atoms with Gasteiger partial charge < -0.3 is 10.6 Å². The number of nitriles is 1. The zero-order chi connectivity index (χ0) is 13.9. The van der Waals surface area contributed by atoms with Gasteiger partial charge in [0.25, 0.3) is 0 Å². The summed E-state index contributed by atoms with van der Waals surface area (Å²) in [6.45, 7) is 0. The molecule has 20 heavy (non-hydrogen) atoms. The molecule has 0 bridgehead atoms. The van der Waals surface area contributed by atoms with Gasteiger partial charge >= 0.3 is 0 Å². The van der Waals surface area contributed by atoms with Gasteiger partial charge in [-0.25, -0.2) is 0 Å². The van der Waals surface area contributed by atoms with Crippen LogP contribution >= 0.6 is 0 Å². The van der Waals surface area contributed by atoms with Gasteiger partial charge in [0.1, 0.15) is 11.6 Å². The maximum atomic E-state index is 11.4. The van der Waals surface area contributed by atoms with Crippen LogP contribution in [-0.4, -0.2) is 26.5 Å². The number of allylic oxidation sites excluding steroid dienone is 1. The maximum absolute atomic E-state index is 11.4. The molecule has 0 fully saturated rings. The number of H-pyrrole nitrogens is 1.